The van der Waals surface area contributed by atoms with E-state index in [9.17, 15) is 4.79 Å². The predicted octanol–water partition coefficient (Wildman–Crippen LogP) is 5.54. The molecule has 2 aromatic carbocycles. The number of carbonyl (C=O) groups is 1. The summed E-state index contributed by atoms with van der Waals surface area (Å²) in [4.78, 5) is 14.2. The second-order valence-electron chi connectivity index (χ2n) is 6.23. The van der Waals surface area contributed by atoms with E-state index in [-0.39, 0.29) is 6.03 Å². The van der Waals surface area contributed by atoms with E-state index >= 15 is 0 Å². The van der Waals surface area contributed by atoms with Crippen LogP contribution in [0.15, 0.2) is 58.6 Å². The maximum Gasteiger partial charge on any atom is 0.322 e. The van der Waals surface area contributed by atoms with E-state index < -0.39 is 0 Å². The van der Waals surface area contributed by atoms with Crippen molar-refractivity contribution in [2.75, 3.05) is 25.5 Å². The molecule has 1 aliphatic heterocycles. The fraction of sp³-hybridized carbons (Fsp3) is 0.150. The van der Waals surface area contributed by atoms with Crippen molar-refractivity contribution in [3.8, 4) is 5.75 Å². The summed E-state index contributed by atoms with van der Waals surface area (Å²) in [6, 6.07) is 10.3. The van der Waals surface area contributed by atoms with Crippen molar-refractivity contribution >= 4 is 56.5 Å². The Morgan fingerprint density at radius 2 is 1.96 bits per heavy atom. The number of ether oxygens (including phenoxy) is 1. The molecule has 0 aliphatic carbocycles. The number of hydrogen-bond donors (Lipinski definition) is 2. The Kier molecular flexibility index (Phi) is 6.23. The molecule has 5 nitrogen and oxygen atoms in total. The van der Waals surface area contributed by atoms with Crippen LogP contribution in [-0.4, -0.2) is 31.1 Å². The number of carbonyl (C=O) groups excluding carboxylic acids is 1. The van der Waals surface area contributed by atoms with Gasteiger partial charge < -0.3 is 20.7 Å². The van der Waals surface area contributed by atoms with Crippen LogP contribution in [0.25, 0.3) is 5.70 Å². The number of benzene rings is 2. The monoisotopic (exact) mass is 481 g/mol. The summed E-state index contributed by atoms with van der Waals surface area (Å²) in [6.07, 6.45) is 0. The minimum absolute atomic E-state index is 0.281. The van der Waals surface area contributed by atoms with Crippen LogP contribution in [0.3, 0.4) is 0 Å². The second kappa shape index (κ2) is 8.47. The minimum atomic E-state index is -0.281. The molecule has 0 bridgehead atoms. The Hall–Kier alpha value is -2.15. The van der Waals surface area contributed by atoms with Crippen molar-refractivity contribution in [3.05, 3.63) is 74.2 Å². The minimum Gasteiger partial charge on any atom is -0.496 e. The van der Waals surface area contributed by atoms with Crippen LogP contribution < -0.4 is 15.8 Å². The summed E-state index contributed by atoms with van der Waals surface area (Å²) >= 11 is 15.9. The largest absolute Gasteiger partial charge is 0.496 e. The molecule has 1 aliphatic rings. The molecule has 0 aromatic heterocycles. The third kappa shape index (κ3) is 4.14. The predicted molar refractivity (Wildman–Crippen MR) is 118 cm³/mol. The van der Waals surface area contributed by atoms with E-state index in [0.29, 0.717) is 45.8 Å². The molecule has 146 valence electrons. The lowest BCUT2D eigenvalue weighted by Crippen LogP contribution is -2.32. The number of para-hydroxylation sites is 1. The molecule has 0 radical (unpaired) electrons. The van der Waals surface area contributed by atoms with E-state index in [1.165, 1.54) is 0 Å². The number of nitrogens with one attached hydrogen (secondary N) is 1. The number of methoxy groups -OCH3 is 1. The highest BCUT2D eigenvalue weighted by Gasteiger charge is 2.28. The van der Waals surface area contributed by atoms with Gasteiger partial charge in [0.15, 0.2) is 0 Å². The first-order chi connectivity index (χ1) is 13.3. The molecule has 28 heavy (non-hydrogen) atoms. The van der Waals surface area contributed by atoms with Crippen LogP contribution in [0, 0.1) is 0 Å². The topological polar surface area (TPSA) is 67.6 Å². The van der Waals surface area contributed by atoms with E-state index in [2.05, 4.69) is 27.8 Å². The van der Waals surface area contributed by atoms with Crippen molar-refractivity contribution in [2.24, 2.45) is 5.73 Å². The molecule has 0 spiro atoms. The summed E-state index contributed by atoms with van der Waals surface area (Å²) in [5.74, 6) is 0.611. The van der Waals surface area contributed by atoms with Crippen molar-refractivity contribution in [2.45, 2.75) is 0 Å². The van der Waals surface area contributed by atoms with Gasteiger partial charge in [-0.2, -0.15) is 0 Å². The third-order valence-electron chi connectivity index (χ3n) is 4.42. The molecule has 0 saturated carbocycles. The van der Waals surface area contributed by atoms with E-state index in [1.54, 1.807) is 48.4 Å². The fourth-order valence-electron chi connectivity index (χ4n) is 2.91. The summed E-state index contributed by atoms with van der Waals surface area (Å²) < 4.78 is 6.05. The number of nitrogens with zero attached hydrogens (tertiary/aromatic N) is 1. The zero-order valence-corrected chi connectivity index (χ0v) is 18.2. The third-order valence-corrected chi connectivity index (χ3v) is 5.68. The highest BCUT2D eigenvalue weighted by Crippen LogP contribution is 2.36. The highest BCUT2D eigenvalue weighted by molar-refractivity contribution is 9.10. The van der Waals surface area contributed by atoms with Gasteiger partial charge in [0.05, 0.1) is 33.9 Å². The number of anilines is 1. The Labute approximate surface area is 181 Å². The SMILES string of the molecule is C=C1CN(C(=O)Nc2ccccc2Cl)C/C1=C(/N)c1cc(OC)c(Br)cc1Cl. The quantitative estimate of drug-likeness (QED) is 0.603. The lowest BCUT2D eigenvalue weighted by molar-refractivity contribution is 0.224. The van der Waals surface area contributed by atoms with Crippen molar-refractivity contribution < 1.29 is 9.53 Å². The molecule has 8 heteroatoms. The molecule has 1 saturated heterocycles. The molecular formula is C20H18BrCl2N3O2. The maximum absolute atomic E-state index is 12.6. The number of likely N-dealkylation sites (tertiary alicyclic amines) is 1. The normalized spacial score (nSPS) is 15.6. The standard InChI is InChI=1S/C20H18BrCl2N3O2/c1-11-9-26(20(27)25-17-6-4-3-5-15(17)22)10-13(11)19(24)12-7-18(28-2)14(21)8-16(12)23/h3-8H,1,9-10,24H2,2H3,(H,25,27)/b19-13-. The summed E-state index contributed by atoms with van der Waals surface area (Å²) in [6.45, 7) is 4.73. The fourth-order valence-corrected chi connectivity index (χ4v) is 4.00. The van der Waals surface area contributed by atoms with E-state index in [0.717, 1.165) is 15.6 Å². The van der Waals surface area contributed by atoms with Gasteiger partial charge in [-0.3, -0.25) is 0 Å². The van der Waals surface area contributed by atoms with Gasteiger partial charge in [-0.05, 0) is 51.3 Å². The summed E-state index contributed by atoms with van der Waals surface area (Å²) in [5, 5.41) is 3.75. The van der Waals surface area contributed by atoms with Gasteiger partial charge in [0.1, 0.15) is 5.75 Å². The second-order valence-corrected chi connectivity index (χ2v) is 7.90. The smallest absolute Gasteiger partial charge is 0.322 e. The first-order valence-electron chi connectivity index (χ1n) is 8.32. The van der Waals surface area contributed by atoms with Gasteiger partial charge in [-0.1, -0.05) is 41.9 Å². The summed E-state index contributed by atoms with van der Waals surface area (Å²) in [7, 11) is 1.57. The van der Waals surface area contributed by atoms with Crippen molar-refractivity contribution in [3.63, 3.8) is 0 Å². The number of hydrogen-bond acceptors (Lipinski definition) is 3. The van der Waals surface area contributed by atoms with Crippen LogP contribution >= 0.6 is 39.1 Å². The first-order valence-corrected chi connectivity index (χ1v) is 9.87. The zero-order valence-electron chi connectivity index (χ0n) is 15.1. The number of urea groups is 1. The van der Waals surface area contributed by atoms with Gasteiger partial charge in [0.2, 0.25) is 0 Å². The number of halogens is 3. The average molecular weight is 483 g/mol. The lowest BCUT2D eigenvalue weighted by Gasteiger charge is -2.17. The van der Waals surface area contributed by atoms with E-state index in [1.807, 2.05) is 0 Å². The molecule has 3 N–H and O–H groups in total. The zero-order chi connectivity index (χ0) is 20.4. The Morgan fingerprint density at radius 1 is 1.25 bits per heavy atom. The van der Waals surface area contributed by atoms with Gasteiger partial charge in [-0.15, -0.1) is 0 Å². The highest BCUT2D eigenvalue weighted by atomic mass is 79.9. The lowest BCUT2D eigenvalue weighted by atomic mass is 10.0. The number of nitrogens with two attached hydrogens (primary N) is 1. The van der Waals surface area contributed by atoms with Crippen LogP contribution in [0.2, 0.25) is 10.0 Å². The van der Waals surface area contributed by atoms with E-state index in [4.69, 9.17) is 33.7 Å². The van der Waals surface area contributed by atoms with Crippen LogP contribution in [0.4, 0.5) is 10.5 Å². The Bertz CT molecular complexity index is 991. The summed E-state index contributed by atoms with van der Waals surface area (Å²) in [5.41, 5.74) is 9.55. The number of rotatable bonds is 3. The Morgan fingerprint density at radius 3 is 2.64 bits per heavy atom. The van der Waals surface area contributed by atoms with Gasteiger partial charge in [-0.25, -0.2) is 4.79 Å². The average Bonchev–Trinajstić information content (AvgIpc) is 3.05. The first kappa shape index (κ1) is 20.6. The molecule has 2 amide bonds. The Balaban J connectivity index is 1.86. The molecule has 1 fully saturated rings. The van der Waals surface area contributed by atoms with Crippen molar-refractivity contribution in [1.82, 2.24) is 4.90 Å². The molecule has 0 unspecified atom stereocenters. The molecular weight excluding hydrogens is 465 g/mol. The van der Waals surface area contributed by atoms with Crippen molar-refractivity contribution in [1.29, 1.82) is 0 Å². The van der Waals surface area contributed by atoms with Crippen LogP contribution in [0.1, 0.15) is 5.56 Å². The van der Waals surface area contributed by atoms with Crippen LogP contribution in [0.5, 0.6) is 5.75 Å². The molecule has 2 aromatic rings. The molecule has 1 heterocycles. The van der Waals surface area contributed by atoms with Gasteiger partial charge in [0.25, 0.3) is 0 Å². The molecule has 0 atom stereocenters. The van der Waals surface area contributed by atoms with Gasteiger partial charge >= 0.3 is 6.03 Å². The molecule has 3 rings (SSSR count). The maximum atomic E-state index is 12.6. The van der Waals surface area contributed by atoms with Crippen LogP contribution in [-0.2, 0) is 0 Å². The van der Waals surface area contributed by atoms with Gasteiger partial charge in [0, 0.05) is 17.8 Å². The number of amides is 2.